The first-order valence-corrected chi connectivity index (χ1v) is 6.35. The van der Waals surface area contributed by atoms with Crippen LogP contribution < -0.4 is 5.43 Å². The van der Waals surface area contributed by atoms with E-state index in [-0.39, 0.29) is 23.9 Å². The summed E-state index contributed by atoms with van der Waals surface area (Å²) in [6.45, 7) is 9.28. The maximum absolute atomic E-state index is 12.2. The molecule has 0 aliphatic carbocycles. The Morgan fingerprint density at radius 2 is 1.78 bits per heavy atom. The Hall–Kier alpha value is -1.58. The molecule has 0 atom stereocenters. The zero-order valence-electron chi connectivity index (χ0n) is 11.6. The number of pyridine rings is 1. The van der Waals surface area contributed by atoms with Gasteiger partial charge in [-0.1, -0.05) is 13.8 Å². The molecular formula is C14H22N2O2. The van der Waals surface area contributed by atoms with Crippen molar-refractivity contribution in [3.63, 3.8) is 0 Å². The Balaban J connectivity index is 2.72. The van der Waals surface area contributed by atoms with Gasteiger partial charge in [0, 0.05) is 37.1 Å². The van der Waals surface area contributed by atoms with Crippen molar-refractivity contribution >= 4 is 5.91 Å². The van der Waals surface area contributed by atoms with E-state index in [2.05, 4.69) is 13.8 Å². The number of carbonyl (C=O) groups excluding carboxylic acids is 1. The highest BCUT2D eigenvalue weighted by molar-refractivity contribution is 5.76. The summed E-state index contributed by atoms with van der Waals surface area (Å²) in [7, 11) is 0. The lowest BCUT2D eigenvalue weighted by Crippen LogP contribution is -2.41. The van der Waals surface area contributed by atoms with Crippen molar-refractivity contribution < 1.29 is 4.79 Å². The number of hydrogen-bond donors (Lipinski definition) is 0. The molecule has 0 aliphatic heterocycles. The number of carbonyl (C=O) groups is 1. The fourth-order valence-electron chi connectivity index (χ4n) is 1.79. The van der Waals surface area contributed by atoms with Gasteiger partial charge in [0.25, 0.3) is 0 Å². The van der Waals surface area contributed by atoms with Crippen LogP contribution in [0.2, 0.25) is 0 Å². The van der Waals surface area contributed by atoms with E-state index < -0.39 is 0 Å². The van der Waals surface area contributed by atoms with Gasteiger partial charge in [-0.25, -0.2) is 0 Å². The van der Waals surface area contributed by atoms with Gasteiger partial charge in [0.2, 0.25) is 5.91 Å². The van der Waals surface area contributed by atoms with Crippen molar-refractivity contribution in [2.45, 2.75) is 40.3 Å². The monoisotopic (exact) mass is 250 g/mol. The zero-order chi connectivity index (χ0) is 13.7. The van der Waals surface area contributed by atoms with Crippen LogP contribution in [0.25, 0.3) is 0 Å². The van der Waals surface area contributed by atoms with Gasteiger partial charge in [0.15, 0.2) is 5.43 Å². The lowest BCUT2D eigenvalue weighted by Gasteiger charge is -2.28. The average Bonchev–Trinajstić information content (AvgIpc) is 2.28. The van der Waals surface area contributed by atoms with Crippen LogP contribution >= 0.6 is 0 Å². The lowest BCUT2D eigenvalue weighted by atomic mass is 10.2. The molecule has 0 radical (unpaired) electrons. The Morgan fingerprint density at radius 3 is 2.22 bits per heavy atom. The fraction of sp³-hybridized carbons (Fsp3) is 0.571. The molecule has 18 heavy (non-hydrogen) atoms. The first-order chi connectivity index (χ1) is 8.40. The van der Waals surface area contributed by atoms with Gasteiger partial charge in [-0.2, -0.15) is 0 Å². The molecule has 0 saturated carbocycles. The molecular weight excluding hydrogens is 228 g/mol. The van der Waals surface area contributed by atoms with Crippen LogP contribution in [0.5, 0.6) is 0 Å². The summed E-state index contributed by atoms with van der Waals surface area (Å²) >= 11 is 0. The molecule has 0 aromatic carbocycles. The Morgan fingerprint density at radius 1 is 1.22 bits per heavy atom. The van der Waals surface area contributed by atoms with Gasteiger partial charge in [0.1, 0.15) is 6.54 Å². The van der Waals surface area contributed by atoms with Crippen molar-refractivity contribution in [2.75, 3.05) is 6.54 Å². The maximum Gasteiger partial charge on any atom is 0.242 e. The van der Waals surface area contributed by atoms with Crippen molar-refractivity contribution in [3.05, 3.63) is 34.7 Å². The van der Waals surface area contributed by atoms with Crippen molar-refractivity contribution in [2.24, 2.45) is 5.92 Å². The number of amides is 1. The van der Waals surface area contributed by atoms with Crippen LogP contribution in [0.1, 0.15) is 27.7 Å². The second-order valence-electron chi connectivity index (χ2n) is 5.24. The van der Waals surface area contributed by atoms with E-state index in [1.165, 1.54) is 12.1 Å². The van der Waals surface area contributed by atoms with E-state index >= 15 is 0 Å². The van der Waals surface area contributed by atoms with E-state index in [0.717, 1.165) is 6.54 Å². The summed E-state index contributed by atoms with van der Waals surface area (Å²) in [5.41, 5.74) is -0.0402. The minimum absolute atomic E-state index is 0.0402. The molecule has 100 valence electrons. The van der Waals surface area contributed by atoms with Gasteiger partial charge < -0.3 is 9.47 Å². The topological polar surface area (TPSA) is 42.3 Å². The molecule has 0 saturated heterocycles. The molecule has 1 amide bonds. The number of nitrogens with zero attached hydrogens (tertiary/aromatic N) is 2. The van der Waals surface area contributed by atoms with E-state index in [1.807, 2.05) is 18.7 Å². The van der Waals surface area contributed by atoms with Crippen molar-refractivity contribution in [3.8, 4) is 0 Å². The van der Waals surface area contributed by atoms with Gasteiger partial charge in [-0.3, -0.25) is 9.59 Å². The Bertz CT molecular complexity index is 429. The highest BCUT2D eigenvalue weighted by Gasteiger charge is 2.17. The lowest BCUT2D eigenvalue weighted by molar-refractivity contribution is -0.134. The molecule has 0 unspecified atom stereocenters. The van der Waals surface area contributed by atoms with E-state index in [0.29, 0.717) is 5.92 Å². The standard InChI is InChI=1S/C14H22N2O2/c1-11(2)9-16(12(3)4)14(18)10-15-7-5-13(17)6-8-15/h5-8,11-12H,9-10H2,1-4H3. The SMILES string of the molecule is CC(C)CN(C(=O)Cn1ccc(=O)cc1)C(C)C. The van der Waals surface area contributed by atoms with Crippen LogP contribution in [0.15, 0.2) is 29.3 Å². The number of aromatic nitrogens is 1. The number of rotatable bonds is 5. The van der Waals surface area contributed by atoms with Gasteiger partial charge in [-0.05, 0) is 19.8 Å². The fourth-order valence-corrected chi connectivity index (χ4v) is 1.79. The Kier molecular flexibility index (Phi) is 5.13. The third-order valence-electron chi connectivity index (χ3n) is 2.68. The van der Waals surface area contributed by atoms with E-state index in [4.69, 9.17) is 0 Å². The highest BCUT2D eigenvalue weighted by Crippen LogP contribution is 2.06. The third-order valence-corrected chi connectivity index (χ3v) is 2.68. The summed E-state index contributed by atoms with van der Waals surface area (Å²) in [6, 6.07) is 3.13. The molecule has 1 aromatic rings. The largest absolute Gasteiger partial charge is 0.345 e. The smallest absolute Gasteiger partial charge is 0.242 e. The minimum atomic E-state index is -0.0402. The molecule has 1 heterocycles. The average molecular weight is 250 g/mol. The minimum Gasteiger partial charge on any atom is -0.345 e. The quantitative estimate of drug-likeness (QED) is 0.799. The molecule has 0 N–H and O–H groups in total. The normalized spacial score (nSPS) is 11.0. The Labute approximate surface area is 108 Å². The van der Waals surface area contributed by atoms with Gasteiger partial charge >= 0.3 is 0 Å². The van der Waals surface area contributed by atoms with Crippen molar-refractivity contribution in [1.82, 2.24) is 9.47 Å². The van der Waals surface area contributed by atoms with Crippen LogP contribution in [0, 0.1) is 5.92 Å². The zero-order valence-corrected chi connectivity index (χ0v) is 11.6. The molecule has 1 aromatic heterocycles. The second-order valence-corrected chi connectivity index (χ2v) is 5.24. The molecule has 4 nitrogen and oxygen atoms in total. The molecule has 0 spiro atoms. The molecule has 0 bridgehead atoms. The summed E-state index contributed by atoms with van der Waals surface area (Å²) in [6.07, 6.45) is 3.29. The van der Waals surface area contributed by atoms with Gasteiger partial charge in [-0.15, -0.1) is 0 Å². The highest BCUT2D eigenvalue weighted by atomic mass is 16.2. The van der Waals surface area contributed by atoms with Crippen LogP contribution in [-0.2, 0) is 11.3 Å². The molecule has 0 aliphatic rings. The first-order valence-electron chi connectivity index (χ1n) is 6.35. The van der Waals surface area contributed by atoms with Gasteiger partial charge in [0.05, 0.1) is 0 Å². The van der Waals surface area contributed by atoms with Crippen LogP contribution in [0.4, 0.5) is 0 Å². The van der Waals surface area contributed by atoms with Crippen LogP contribution in [0.3, 0.4) is 0 Å². The first kappa shape index (κ1) is 14.5. The summed E-state index contributed by atoms with van der Waals surface area (Å²) in [4.78, 5) is 25.1. The molecule has 1 rings (SSSR count). The predicted octanol–water partition coefficient (Wildman–Crippen LogP) is 1.74. The summed E-state index contributed by atoms with van der Waals surface area (Å²) < 4.78 is 1.74. The summed E-state index contributed by atoms with van der Waals surface area (Å²) in [5, 5.41) is 0. The second kappa shape index (κ2) is 6.38. The molecule has 4 heteroatoms. The van der Waals surface area contributed by atoms with Crippen molar-refractivity contribution in [1.29, 1.82) is 0 Å². The third kappa shape index (κ3) is 4.35. The predicted molar refractivity (Wildman–Crippen MR) is 72.4 cm³/mol. The maximum atomic E-state index is 12.2. The van der Waals surface area contributed by atoms with Crippen LogP contribution in [-0.4, -0.2) is 28.0 Å². The summed E-state index contributed by atoms with van der Waals surface area (Å²) in [5.74, 6) is 0.535. The molecule has 0 fully saturated rings. The van der Waals surface area contributed by atoms with E-state index in [1.54, 1.807) is 17.0 Å². The van der Waals surface area contributed by atoms with E-state index in [9.17, 15) is 9.59 Å². The number of hydrogen-bond acceptors (Lipinski definition) is 2.